The average Bonchev–Trinajstić information content (AvgIpc) is 3.15. The number of ketones is 1. The number of benzene rings is 2. The van der Waals surface area contributed by atoms with Gasteiger partial charge in [-0.25, -0.2) is 0 Å². The summed E-state index contributed by atoms with van der Waals surface area (Å²) in [6.07, 6.45) is 0.660. The maximum atomic E-state index is 13.1. The van der Waals surface area contributed by atoms with Crippen LogP contribution in [0.2, 0.25) is 0 Å². The third-order valence-electron chi connectivity index (χ3n) is 4.22. The predicted molar refractivity (Wildman–Crippen MR) is 97.6 cm³/mol. The Kier molecular flexibility index (Phi) is 4.98. The number of hydrogen-bond donors (Lipinski definition) is 1. The van der Waals surface area contributed by atoms with Gasteiger partial charge in [0.2, 0.25) is 11.5 Å². The predicted octanol–water partition coefficient (Wildman–Crippen LogP) is 2.64. The van der Waals surface area contributed by atoms with E-state index < -0.39 is 0 Å². The molecule has 0 bridgehead atoms. The van der Waals surface area contributed by atoms with E-state index >= 15 is 0 Å². The zero-order valence-electron chi connectivity index (χ0n) is 15.3. The van der Waals surface area contributed by atoms with Crippen LogP contribution in [0.15, 0.2) is 24.3 Å². The minimum absolute atomic E-state index is 0.171. The molecule has 2 aromatic carbocycles. The number of fused-ring (bicyclic) bond motifs is 1. The van der Waals surface area contributed by atoms with Crippen molar-refractivity contribution < 1.29 is 28.5 Å². The van der Waals surface area contributed by atoms with Crippen LogP contribution in [0.4, 0.5) is 0 Å². The summed E-state index contributed by atoms with van der Waals surface area (Å²) in [5.74, 6) is 1.14. The SMILES string of the molecule is COc1cc(C(=O)c2n[nH]c3c(C=O)c(OC)ccc23)cc(OC)c1OC. The topological polar surface area (TPSA) is 99.7 Å². The number of aromatic nitrogens is 2. The maximum absolute atomic E-state index is 13.1. The number of carbonyl (C=O) groups excluding carboxylic acids is 2. The molecule has 0 saturated heterocycles. The largest absolute Gasteiger partial charge is 0.496 e. The zero-order valence-corrected chi connectivity index (χ0v) is 15.3. The van der Waals surface area contributed by atoms with Crippen LogP contribution in [0, 0.1) is 0 Å². The molecule has 8 nitrogen and oxygen atoms in total. The quantitative estimate of drug-likeness (QED) is 0.504. The third kappa shape index (κ3) is 2.95. The number of nitrogens with zero attached hydrogens (tertiary/aromatic N) is 1. The summed E-state index contributed by atoms with van der Waals surface area (Å²) in [4.78, 5) is 24.5. The first-order valence-electron chi connectivity index (χ1n) is 7.94. The first kappa shape index (κ1) is 18.2. The van der Waals surface area contributed by atoms with Crippen LogP contribution in [0.5, 0.6) is 23.0 Å². The highest BCUT2D eigenvalue weighted by Crippen LogP contribution is 2.39. The fourth-order valence-corrected chi connectivity index (χ4v) is 2.91. The van der Waals surface area contributed by atoms with Crippen LogP contribution in [0.1, 0.15) is 26.4 Å². The van der Waals surface area contributed by atoms with Crippen LogP contribution < -0.4 is 18.9 Å². The molecule has 0 unspecified atom stereocenters. The Morgan fingerprint density at radius 2 is 1.59 bits per heavy atom. The molecule has 0 saturated carbocycles. The third-order valence-corrected chi connectivity index (χ3v) is 4.22. The fourth-order valence-electron chi connectivity index (χ4n) is 2.91. The molecule has 3 aromatic rings. The molecular weight excluding hydrogens is 352 g/mol. The second kappa shape index (κ2) is 7.36. The van der Waals surface area contributed by atoms with Crippen molar-refractivity contribution in [2.45, 2.75) is 0 Å². The van der Waals surface area contributed by atoms with Crippen molar-refractivity contribution in [2.75, 3.05) is 28.4 Å². The van der Waals surface area contributed by atoms with E-state index in [0.717, 1.165) is 0 Å². The molecule has 0 atom stereocenters. The van der Waals surface area contributed by atoms with Crippen LogP contribution in [0.3, 0.4) is 0 Å². The molecule has 27 heavy (non-hydrogen) atoms. The van der Waals surface area contributed by atoms with Gasteiger partial charge in [0.05, 0.1) is 39.5 Å². The lowest BCUT2D eigenvalue weighted by atomic mass is 10.0. The van der Waals surface area contributed by atoms with Crippen molar-refractivity contribution in [3.63, 3.8) is 0 Å². The minimum Gasteiger partial charge on any atom is -0.496 e. The number of carbonyl (C=O) groups is 2. The Labute approximate surface area is 155 Å². The molecule has 0 aliphatic rings. The van der Waals surface area contributed by atoms with E-state index in [0.29, 0.717) is 51.3 Å². The van der Waals surface area contributed by atoms with Gasteiger partial charge in [0, 0.05) is 10.9 Å². The molecule has 0 aliphatic carbocycles. The number of aromatic amines is 1. The Balaban J connectivity index is 2.15. The highest BCUT2D eigenvalue weighted by molar-refractivity contribution is 6.17. The number of methoxy groups -OCH3 is 4. The van der Waals surface area contributed by atoms with Gasteiger partial charge in [0.1, 0.15) is 11.4 Å². The van der Waals surface area contributed by atoms with Gasteiger partial charge in [-0.15, -0.1) is 0 Å². The van der Waals surface area contributed by atoms with Crippen LogP contribution in [-0.2, 0) is 0 Å². The van der Waals surface area contributed by atoms with E-state index in [1.807, 2.05) is 0 Å². The summed E-state index contributed by atoms with van der Waals surface area (Å²) in [5.41, 5.74) is 1.21. The Morgan fingerprint density at radius 1 is 0.963 bits per heavy atom. The smallest absolute Gasteiger partial charge is 0.214 e. The van der Waals surface area contributed by atoms with E-state index in [-0.39, 0.29) is 11.5 Å². The van der Waals surface area contributed by atoms with Gasteiger partial charge in [-0.1, -0.05) is 0 Å². The normalized spacial score (nSPS) is 10.5. The molecule has 0 radical (unpaired) electrons. The van der Waals surface area contributed by atoms with Crippen LogP contribution >= 0.6 is 0 Å². The highest BCUT2D eigenvalue weighted by Gasteiger charge is 2.23. The Bertz CT molecular complexity index is 999. The lowest BCUT2D eigenvalue weighted by Crippen LogP contribution is -2.05. The van der Waals surface area contributed by atoms with Gasteiger partial charge in [-0.3, -0.25) is 14.7 Å². The highest BCUT2D eigenvalue weighted by atomic mass is 16.5. The van der Waals surface area contributed by atoms with Gasteiger partial charge < -0.3 is 18.9 Å². The van der Waals surface area contributed by atoms with Crippen molar-refractivity contribution in [1.29, 1.82) is 0 Å². The van der Waals surface area contributed by atoms with Crippen molar-refractivity contribution in [3.8, 4) is 23.0 Å². The van der Waals surface area contributed by atoms with Gasteiger partial charge in [0.15, 0.2) is 17.8 Å². The van der Waals surface area contributed by atoms with Crippen molar-refractivity contribution in [3.05, 3.63) is 41.1 Å². The maximum Gasteiger partial charge on any atom is 0.214 e. The molecule has 0 spiro atoms. The Morgan fingerprint density at radius 3 is 2.11 bits per heavy atom. The van der Waals surface area contributed by atoms with E-state index in [2.05, 4.69) is 10.2 Å². The summed E-state index contributed by atoms with van der Waals surface area (Å²) in [5, 5.41) is 7.36. The fraction of sp³-hybridized carbons (Fsp3) is 0.211. The zero-order chi connectivity index (χ0) is 19.6. The molecule has 1 aromatic heterocycles. The summed E-state index contributed by atoms with van der Waals surface area (Å²) >= 11 is 0. The van der Waals surface area contributed by atoms with Crippen LogP contribution in [-0.4, -0.2) is 50.7 Å². The van der Waals surface area contributed by atoms with Crippen molar-refractivity contribution in [1.82, 2.24) is 10.2 Å². The second-order valence-electron chi connectivity index (χ2n) is 5.54. The van der Waals surface area contributed by atoms with E-state index in [4.69, 9.17) is 18.9 Å². The first-order valence-corrected chi connectivity index (χ1v) is 7.94. The lowest BCUT2D eigenvalue weighted by Gasteiger charge is -2.13. The summed E-state index contributed by atoms with van der Waals surface area (Å²) in [6.45, 7) is 0. The number of nitrogens with one attached hydrogen (secondary N) is 1. The van der Waals surface area contributed by atoms with Crippen LogP contribution in [0.25, 0.3) is 10.9 Å². The molecule has 0 aliphatic heterocycles. The molecule has 1 N–H and O–H groups in total. The number of ether oxygens (including phenoxy) is 4. The van der Waals surface area contributed by atoms with E-state index in [9.17, 15) is 9.59 Å². The standard InChI is InChI=1S/C19H18N2O6/c1-24-13-6-5-11-16(12(13)9-22)20-21-17(11)18(23)10-7-14(25-2)19(27-4)15(8-10)26-3/h5-9H,1-4H3,(H,20,21). The Hall–Kier alpha value is -3.55. The van der Waals surface area contributed by atoms with E-state index in [1.54, 1.807) is 24.3 Å². The molecular formula is C19H18N2O6. The van der Waals surface area contributed by atoms with Gasteiger partial charge in [-0.2, -0.15) is 5.10 Å². The molecule has 3 rings (SSSR count). The average molecular weight is 370 g/mol. The summed E-state index contributed by atoms with van der Waals surface area (Å²) < 4.78 is 21.0. The summed E-state index contributed by atoms with van der Waals surface area (Å²) in [7, 11) is 5.89. The molecule has 8 heteroatoms. The molecule has 140 valence electrons. The van der Waals surface area contributed by atoms with E-state index in [1.165, 1.54) is 28.4 Å². The summed E-state index contributed by atoms with van der Waals surface area (Å²) in [6, 6.07) is 6.39. The first-order chi connectivity index (χ1) is 13.1. The molecule has 0 amide bonds. The molecule has 0 fully saturated rings. The van der Waals surface area contributed by atoms with Crippen molar-refractivity contribution in [2.24, 2.45) is 0 Å². The van der Waals surface area contributed by atoms with Gasteiger partial charge in [0.25, 0.3) is 0 Å². The minimum atomic E-state index is -0.359. The number of H-pyrrole nitrogens is 1. The number of hydrogen-bond acceptors (Lipinski definition) is 7. The number of aldehydes is 1. The second-order valence-corrected chi connectivity index (χ2v) is 5.54. The number of rotatable bonds is 7. The van der Waals surface area contributed by atoms with Gasteiger partial charge >= 0.3 is 0 Å². The molecule has 1 heterocycles. The van der Waals surface area contributed by atoms with Gasteiger partial charge in [-0.05, 0) is 24.3 Å². The lowest BCUT2D eigenvalue weighted by molar-refractivity contribution is 0.103. The van der Waals surface area contributed by atoms with Crippen molar-refractivity contribution >= 4 is 23.0 Å². The monoisotopic (exact) mass is 370 g/mol.